The van der Waals surface area contributed by atoms with Crippen molar-refractivity contribution in [1.29, 1.82) is 0 Å². The highest BCUT2D eigenvalue weighted by Crippen LogP contribution is 2.35. The molecule has 0 N–H and O–H groups in total. The van der Waals surface area contributed by atoms with Gasteiger partial charge in [0.15, 0.2) is 0 Å². The van der Waals surface area contributed by atoms with Gasteiger partial charge in [0.05, 0.1) is 37.5 Å². The molecule has 0 unspecified atom stereocenters. The van der Waals surface area contributed by atoms with Crippen molar-refractivity contribution in [2.75, 3.05) is 13.1 Å². The zero-order valence-corrected chi connectivity index (χ0v) is 31.9. The summed E-state index contributed by atoms with van der Waals surface area (Å²) in [4.78, 5) is 28.9. The first-order chi connectivity index (χ1) is 24.4. The lowest BCUT2D eigenvalue weighted by Gasteiger charge is -2.33. The second-order valence-electron chi connectivity index (χ2n) is 14.5. The second-order valence-corrected chi connectivity index (χ2v) is 16.6. The number of aryl methyl sites for hydroxylation is 2. The third kappa shape index (κ3) is 7.67. The monoisotopic (exact) mass is 720 g/mol. The predicted octanol–water partition coefficient (Wildman–Crippen LogP) is 9.23. The van der Waals surface area contributed by atoms with Gasteiger partial charge < -0.3 is 4.74 Å². The third-order valence-electron chi connectivity index (χ3n) is 9.06. The minimum Gasteiger partial charge on any atom is -0.443 e. The number of fused-ring (bicyclic) bond motifs is 2. The SMILES string of the molecule is C[C@H]1CC=C(c2ccc3sc(-c4ccnn4C)nc3c2)N(C(=O)OC(C)(C)C)C1.C[C@H]1CCC(c2ccc3sc(-c4ccnn4C)nc3c2)=NC1. The molecule has 10 nitrogen and oxygen atoms in total. The predicted molar refractivity (Wildman–Crippen MR) is 208 cm³/mol. The highest BCUT2D eigenvalue weighted by Gasteiger charge is 2.29. The van der Waals surface area contributed by atoms with E-state index in [1.165, 1.54) is 22.4 Å². The Bertz CT molecular complexity index is 2270. The standard InChI is InChI=1S/C22H26N4O2S.C17H18N4S/c1-14-6-8-17(26(13-14)21(27)28-22(2,3)4)15-7-9-19-16(12-15)24-20(29-19)18-10-11-23-25(18)5;1-11-3-5-13(18-10-11)12-4-6-16-14(9-12)20-17(22-16)15-7-8-19-21(15)2/h7-12,14H,6,13H2,1-5H3;4,6-9,11H,3,5,10H2,1-2H3/t14-;11-/m00/s1. The van der Waals surface area contributed by atoms with Crippen molar-refractivity contribution in [3.05, 3.63) is 78.1 Å². The van der Waals surface area contributed by atoms with Gasteiger partial charge >= 0.3 is 6.09 Å². The maximum absolute atomic E-state index is 12.8. The van der Waals surface area contributed by atoms with Gasteiger partial charge in [0.25, 0.3) is 0 Å². The molecule has 0 spiro atoms. The molecule has 2 aliphatic rings. The van der Waals surface area contributed by atoms with Gasteiger partial charge in [0, 0.05) is 50.9 Å². The van der Waals surface area contributed by atoms with Crippen LogP contribution in [0, 0.1) is 11.8 Å². The van der Waals surface area contributed by atoms with Gasteiger partial charge in [0.2, 0.25) is 0 Å². The van der Waals surface area contributed by atoms with Crippen LogP contribution in [0.25, 0.3) is 47.5 Å². The Hall–Kier alpha value is -4.68. The van der Waals surface area contributed by atoms with Crippen LogP contribution in [0.5, 0.6) is 0 Å². The van der Waals surface area contributed by atoms with E-state index in [2.05, 4.69) is 66.5 Å². The van der Waals surface area contributed by atoms with Crippen molar-refractivity contribution in [2.24, 2.45) is 30.9 Å². The number of hydrogen-bond acceptors (Lipinski definition) is 9. The molecule has 2 aromatic carbocycles. The second kappa shape index (κ2) is 14.1. The van der Waals surface area contributed by atoms with Crippen molar-refractivity contribution in [3.8, 4) is 21.4 Å². The van der Waals surface area contributed by atoms with Crippen molar-refractivity contribution in [3.63, 3.8) is 0 Å². The normalized spacial score (nSPS) is 18.0. The fraction of sp³-hybridized carbons (Fsp3) is 0.385. The number of allylic oxidation sites excluding steroid dienone is 1. The molecular weight excluding hydrogens is 677 g/mol. The number of aromatic nitrogens is 6. The lowest BCUT2D eigenvalue weighted by Crippen LogP contribution is -2.39. The molecule has 2 aliphatic heterocycles. The molecule has 51 heavy (non-hydrogen) atoms. The Kier molecular flexibility index (Phi) is 9.64. The molecule has 6 heterocycles. The minimum atomic E-state index is -0.528. The van der Waals surface area contributed by atoms with Crippen LogP contribution in [0.2, 0.25) is 0 Å². The topological polar surface area (TPSA) is 103 Å². The molecule has 2 atom stereocenters. The lowest BCUT2D eigenvalue weighted by molar-refractivity contribution is 0.0327. The summed E-state index contributed by atoms with van der Waals surface area (Å²) in [6.07, 6.45) is 8.66. The van der Waals surface area contributed by atoms with Gasteiger partial charge in [-0.2, -0.15) is 10.2 Å². The molecule has 1 amide bonds. The molecular formula is C39H44N8O2S2. The number of nitrogens with zero attached hydrogens (tertiary/aromatic N) is 8. The first kappa shape index (κ1) is 34.8. The smallest absolute Gasteiger partial charge is 0.414 e. The Morgan fingerprint density at radius 3 is 1.94 bits per heavy atom. The summed E-state index contributed by atoms with van der Waals surface area (Å²) < 4.78 is 11.7. The maximum atomic E-state index is 12.8. The van der Waals surface area contributed by atoms with E-state index in [1.807, 2.05) is 62.6 Å². The van der Waals surface area contributed by atoms with Crippen LogP contribution in [0.15, 0.2) is 72.0 Å². The summed E-state index contributed by atoms with van der Waals surface area (Å²) in [6.45, 7) is 11.7. The summed E-state index contributed by atoms with van der Waals surface area (Å²) in [6, 6.07) is 16.7. The Morgan fingerprint density at radius 2 is 1.41 bits per heavy atom. The first-order valence-corrected chi connectivity index (χ1v) is 19.1. The summed E-state index contributed by atoms with van der Waals surface area (Å²) in [5, 5.41) is 10.4. The van der Waals surface area contributed by atoms with Crippen LogP contribution in [0.4, 0.5) is 4.79 Å². The summed E-state index contributed by atoms with van der Waals surface area (Å²) in [5.74, 6) is 1.11. The van der Waals surface area contributed by atoms with Crippen LogP contribution < -0.4 is 0 Å². The Labute approximate surface area is 306 Å². The van der Waals surface area contributed by atoms with E-state index in [0.717, 1.165) is 67.8 Å². The molecule has 0 aliphatic carbocycles. The number of ether oxygens (including phenoxy) is 1. The van der Waals surface area contributed by atoms with Crippen molar-refractivity contribution in [1.82, 2.24) is 34.4 Å². The quantitative estimate of drug-likeness (QED) is 0.180. The number of aliphatic imine (C=N–C) groups is 1. The number of carbonyl (C=O) groups is 1. The van der Waals surface area contributed by atoms with Crippen LogP contribution in [0.1, 0.15) is 65.0 Å². The number of benzene rings is 2. The van der Waals surface area contributed by atoms with Crippen LogP contribution >= 0.6 is 22.7 Å². The van der Waals surface area contributed by atoms with Gasteiger partial charge in [-0.3, -0.25) is 19.3 Å². The van der Waals surface area contributed by atoms with Crippen LogP contribution in [0.3, 0.4) is 0 Å². The van der Waals surface area contributed by atoms with E-state index in [9.17, 15) is 4.79 Å². The van der Waals surface area contributed by atoms with Gasteiger partial charge in [0.1, 0.15) is 15.6 Å². The average Bonchev–Trinajstić information content (AvgIpc) is 3.90. The maximum Gasteiger partial charge on any atom is 0.414 e. The van der Waals surface area contributed by atoms with Crippen LogP contribution in [-0.2, 0) is 18.8 Å². The fourth-order valence-electron chi connectivity index (χ4n) is 6.31. The highest BCUT2D eigenvalue weighted by atomic mass is 32.1. The summed E-state index contributed by atoms with van der Waals surface area (Å²) >= 11 is 3.36. The molecule has 0 saturated carbocycles. The Balaban J connectivity index is 0.000000165. The van der Waals surface area contributed by atoms with E-state index in [-0.39, 0.29) is 6.09 Å². The lowest BCUT2D eigenvalue weighted by atomic mass is 9.96. The van der Waals surface area contributed by atoms with Gasteiger partial charge in [-0.15, -0.1) is 22.7 Å². The molecule has 8 rings (SSSR count). The molecule has 6 aromatic rings. The van der Waals surface area contributed by atoms with Gasteiger partial charge in [-0.1, -0.05) is 32.1 Å². The molecule has 0 bridgehead atoms. The molecule has 0 saturated heterocycles. The van der Waals surface area contributed by atoms with E-state index in [1.54, 1.807) is 33.8 Å². The zero-order chi connectivity index (χ0) is 35.9. The zero-order valence-electron chi connectivity index (χ0n) is 30.3. The van der Waals surface area contributed by atoms with Crippen LogP contribution in [-0.4, -0.2) is 64.9 Å². The highest BCUT2D eigenvalue weighted by molar-refractivity contribution is 7.22. The van der Waals surface area contributed by atoms with E-state index < -0.39 is 5.60 Å². The Morgan fingerprint density at radius 1 is 0.824 bits per heavy atom. The van der Waals surface area contributed by atoms with Crippen molar-refractivity contribution < 1.29 is 9.53 Å². The fourth-order valence-corrected chi connectivity index (χ4v) is 8.31. The molecule has 0 radical (unpaired) electrons. The summed E-state index contributed by atoms with van der Waals surface area (Å²) in [5.41, 5.74) is 7.84. The number of amides is 1. The molecule has 4 aromatic heterocycles. The van der Waals surface area contributed by atoms with E-state index >= 15 is 0 Å². The number of thiazole rings is 2. The largest absolute Gasteiger partial charge is 0.443 e. The van der Waals surface area contributed by atoms with Gasteiger partial charge in [-0.25, -0.2) is 14.8 Å². The van der Waals surface area contributed by atoms with Crippen molar-refractivity contribution in [2.45, 2.75) is 59.5 Å². The molecule has 264 valence electrons. The third-order valence-corrected chi connectivity index (χ3v) is 11.2. The van der Waals surface area contributed by atoms with E-state index in [4.69, 9.17) is 19.7 Å². The number of hydrogen-bond donors (Lipinski definition) is 0. The summed E-state index contributed by atoms with van der Waals surface area (Å²) in [7, 11) is 3.87. The van der Waals surface area contributed by atoms with E-state index in [0.29, 0.717) is 18.4 Å². The first-order valence-electron chi connectivity index (χ1n) is 17.4. The average molecular weight is 721 g/mol. The van der Waals surface area contributed by atoms with Gasteiger partial charge in [-0.05, 0) is 93.8 Å². The molecule has 0 fully saturated rings. The molecule has 12 heteroatoms. The number of rotatable bonds is 4. The van der Waals surface area contributed by atoms with Crippen molar-refractivity contribution >= 4 is 60.6 Å². The number of carbonyl (C=O) groups excluding carboxylic acids is 1. The minimum absolute atomic E-state index is 0.302.